The molecule has 4 nitrogen and oxygen atoms in total. The number of carbonyl (C=O) groups is 1. The van der Waals surface area contributed by atoms with E-state index in [0.717, 1.165) is 6.20 Å². The van der Waals surface area contributed by atoms with Gasteiger partial charge in [-0.05, 0) is 15.9 Å². The van der Waals surface area contributed by atoms with Gasteiger partial charge in [-0.3, -0.25) is 9.78 Å². The third-order valence-electron chi connectivity index (χ3n) is 1.71. The summed E-state index contributed by atoms with van der Waals surface area (Å²) in [4.78, 5) is 13.9. The molecule has 3 N–H and O–H groups in total. The number of nitrogen functional groups attached to an aromatic ring is 1. The highest BCUT2D eigenvalue weighted by Crippen LogP contribution is 2.31. The number of pyridine rings is 1. The molecule has 0 saturated carbocycles. The summed E-state index contributed by atoms with van der Waals surface area (Å²) in [5, 5.41) is 8.55. The van der Waals surface area contributed by atoms with E-state index in [9.17, 15) is 13.6 Å². The molecule has 0 bridgehead atoms. The van der Waals surface area contributed by atoms with Crippen LogP contribution >= 0.6 is 15.9 Å². The van der Waals surface area contributed by atoms with Gasteiger partial charge in [-0.25, -0.2) is 8.78 Å². The maximum Gasteiger partial charge on any atom is 0.307 e. The van der Waals surface area contributed by atoms with E-state index < -0.39 is 24.5 Å². The predicted molar refractivity (Wildman–Crippen MR) is 52.6 cm³/mol. The highest BCUT2D eigenvalue weighted by molar-refractivity contribution is 9.10. The molecule has 0 amide bonds. The van der Waals surface area contributed by atoms with Crippen molar-refractivity contribution in [3.8, 4) is 0 Å². The second-order valence-corrected chi connectivity index (χ2v) is 3.56. The largest absolute Gasteiger partial charge is 0.481 e. The zero-order chi connectivity index (χ0) is 11.6. The summed E-state index contributed by atoms with van der Waals surface area (Å²) in [5.41, 5.74) is 4.91. The Kier molecular flexibility index (Phi) is 3.57. The lowest BCUT2D eigenvalue weighted by atomic mass is 10.1. The number of alkyl halides is 2. The van der Waals surface area contributed by atoms with Crippen LogP contribution in [0.5, 0.6) is 0 Å². The summed E-state index contributed by atoms with van der Waals surface area (Å²) in [5.74, 6) is -1.22. The second-order valence-electron chi connectivity index (χ2n) is 2.76. The third kappa shape index (κ3) is 2.62. The average Bonchev–Trinajstić information content (AvgIpc) is 2.12. The fourth-order valence-electron chi connectivity index (χ4n) is 1.07. The minimum absolute atomic E-state index is 0.0856. The quantitative estimate of drug-likeness (QED) is 0.888. The molecule has 0 aliphatic carbocycles. The van der Waals surface area contributed by atoms with Crippen LogP contribution < -0.4 is 5.73 Å². The van der Waals surface area contributed by atoms with Gasteiger partial charge in [-0.2, -0.15) is 0 Å². The molecule has 0 saturated heterocycles. The van der Waals surface area contributed by atoms with Gasteiger partial charge in [0.1, 0.15) is 5.69 Å². The van der Waals surface area contributed by atoms with Crippen molar-refractivity contribution in [1.82, 2.24) is 4.98 Å². The van der Waals surface area contributed by atoms with Crippen LogP contribution in [-0.2, 0) is 11.2 Å². The van der Waals surface area contributed by atoms with Gasteiger partial charge in [0.15, 0.2) is 0 Å². The maximum atomic E-state index is 12.5. The number of aromatic nitrogens is 1. The van der Waals surface area contributed by atoms with Crippen molar-refractivity contribution >= 4 is 27.6 Å². The molecule has 15 heavy (non-hydrogen) atoms. The molecule has 0 aliphatic heterocycles. The Morgan fingerprint density at radius 3 is 2.73 bits per heavy atom. The number of nitrogens with zero attached hydrogens (tertiary/aromatic N) is 1. The fourth-order valence-corrected chi connectivity index (χ4v) is 1.51. The van der Waals surface area contributed by atoms with Crippen molar-refractivity contribution in [1.29, 1.82) is 0 Å². The highest BCUT2D eigenvalue weighted by atomic mass is 79.9. The molecule has 0 aromatic carbocycles. The zero-order valence-corrected chi connectivity index (χ0v) is 8.96. The van der Waals surface area contributed by atoms with Crippen molar-refractivity contribution in [3.63, 3.8) is 0 Å². The molecule has 0 spiro atoms. The summed E-state index contributed by atoms with van der Waals surface area (Å²) >= 11 is 2.97. The van der Waals surface area contributed by atoms with E-state index >= 15 is 0 Å². The molecule has 0 radical (unpaired) electrons. The van der Waals surface area contributed by atoms with Crippen molar-refractivity contribution < 1.29 is 18.7 Å². The van der Waals surface area contributed by atoms with Crippen molar-refractivity contribution in [3.05, 3.63) is 21.9 Å². The number of hydrogen-bond acceptors (Lipinski definition) is 3. The van der Waals surface area contributed by atoms with Gasteiger partial charge < -0.3 is 10.8 Å². The molecule has 0 aliphatic rings. The number of carboxylic acids is 1. The van der Waals surface area contributed by atoms with Crippen LogP contribution in [-0.4, -0.2) is 16.1 Å². The van der Waals surface area contributed by atoms with Crippen LogP contribution in [0.15, 0.2) is 10.7 Å². The predicted octanol–water partition coefficient (Wildman–Crippen LogP) is 1.99. The number of nitrogens with two attached hydrogens (primary N) is 1. The van der Waals surface area contributed by atoms with Crippen LogP contribution in [0.2, 0.25) is 0 Å². The van der Waals surface area contributed by atoms with Gasteiger partial charge in [0.25, 0.3) is 6.43 Å². The number of anilines is 1. The van der Waals surface area contributed by atoms with E-state index in [4.69, 9.17) is 10.8 Å². The van der Waals surface area contributed by atoms with Gasteiger partial charge in [-0.15, -0.1) is 0 Å². The number of halogens is 3. The molecular weight excluding hydrogens is 274 g/mol. The highest BCUT2D eigenvalue weighted by Gasteiger charge is 2.20. The van der Waals surface area contributed by atoms with Gasteiger partial charge in [-0.1, -0.05) is 0 Å². The summed E-state index contributed by atoms with van der Waals surface area (Å²) < 4.78 is 25.1. The normalized spacial score (nSPS) is 10.7. The summed E-state index contributed by atoms with van der Waals surface area (Å²) in [6.45, 7) is 0. The molecule has 0 fully saturated rings. The Bertz CT molecular complexity index is 398. The van der Waals surface area contributed by atoms with Gasteiger partial charge in [0.2, 0.25) is 0 Å². The summed E-state index contributed by atoms with van der Waals surface area (Å²) in [6.07, 6.45) is -2.30. The van der Waals surface area contributed by atoms with Crippen molar-refractivity contribution in [2.75, 3.05) is 5.73 Å². The minimum atomic E-state index is -2.82. The van der Waals surface area contributed by atoms with Crippen LogP contribution in [0.3, 0.4) is 0 Å². The Labute approximate surface area is 92.2 Å². The molecule has 1 rings (SSSR count). The fraction of sp³-hybridized carbons (Fsp3) is 0.250. The van der Waals surface area contributed by atoms with Crippen molar-refractivity contribution in [2.24, 2.45) is 0 Å². The topological polar surface area (TPSA) is 76.2 Å². The van der Waals surface area contributed by atoms with E-state index in [2.05, 4.69) is 20.9 Å². The standard InChI is InChI=1S/C8H7BrF2N2O2/c9-6-3(1-5(14)15)7(8(10)11)13-2-4(6)12/h2,8H,1,12H2,(H,14,15). The maximum absolute atomic E-state index is 12.5. The number of rotatable bonds is 3. The first-order chi connectivity index (χ1) is 6.93. The number of hydrogen-bond donors (Lipinski definition) is 2. The van der Waals surface area contributed by atoms with Crippen LogP contribution in [0.1, 0.15) is 17.7 Å². The molecule has 7 heteroatoms. The summed E-state index contributed by atoms with van der Waals surface area (Å²) in [6, 6.07) is 0. The van der Waals surface area contributed by atoms with E-state index in [1.54, 1.807) is 0 Å². The lowest BCUT2D eigenvalue weighted by molar-refractivity contribution is -0.136. The SMILES string of the molecule is Nc1cnc(C(F)F)c(CC(=O)O)c1Br. The van der Waals surface area contributed by atoms with E-state index in [-0.39, 0.29) is 15.7 Å². The molecule has 0 unspecified atom stereocenters. The smallest absolute Gasteiger partial charge is 0.307 e. The number of carboxylic acid groups (broad SMARTS) is 1. The first-order valence-corrected chi connectivity index (χ1v) is 4.65. The molecular formula is C8H7BrF2N2O2. The summed E-state index contributed by atoms with van der Waals surface area (Å²) in [7, 11) is 0. The van der Waals surface area contributed by atoms with E-state index in [1.807, 2.05) is 0 Å². The Balaban J connectivity index is 3.28. The molecule has 0 atom stereocenters. The van der Waals surface area contributed by atoms with Crippen molar-refractivity contribution in [2.45, 2.75) is 12.8 Å². The molecule has 1 aromatic heterocycles. The lowest BCUT2D eigenvalue weighted by Gasteiger charge is -2.09. The second kappa shape index (κ2) is 4.52. The minimum Gasteiger partial charge on any atom is -0.481 e. The molecule has 1 aromatic rings. The lowest BCUT2D eigenvalue weighted by Crippen LogP contribution is -2.08. The molecule has 82 valence electrons. The van der Waals surface area contributed by atoms with E-state index in [1.165, 1.54) is 0 Å². The monoisotopic (exact) mass is 280 g/mol. The Morgan fingerprint density at radius 2 is 2.27 bits per heavy atom. The van der Waals surface area contributed by atoms with E-state index in [0.29, 0.717) is 0 Å². The van der Waals surface area contributed by atoms with Gasteiger partial charge in [0.05, 0.1) is 18.3 Å². The Hall–Kier alpha value is -1.24. The molecule has 1 heterocycles. The van der Waals surface area contributed by atoms with Gasteiger partial charge >= 0.3 is 5.97 Å². The average molecular weight is 281 g/mol. The number of aliphatic carboxylic acids is 1. The van der Waals surface area contributed by atoms with Crippen LogP contribution in [0.4, 0.5) is 14.5 Å². The first kappa shape index (κ1) is 11.8. The third-order valence-corrected chi connectivity index (χ3v) is 2.64. The first-order valence-electron chi connectivity index (χ1n) is 3.86. The van der Waals surface area contributed by atoms with Gasteiger partial charge in [0, 0.05) is 10.0 Å². The Morgan fingerprint density at radius 1 is 1.67 bits per heavy atom. The zero-order valence-electron chi connectivity index (χ0n) is 7.38. The van der Waals surface area contributed by atoms with Crippen LogP contribution in [0, 0.1) is 0 Å². The van der Waals surface area contributed by atoms with Crippen LogP contribution in [0.25, 0.3) is 0 Å².